The number of ether oxygens (including phenoxy) is 1. The molecule has 0 amide bonds. The van der Waals surface area contributed by atoms with Crippen molar-refractivity contribution in [1.82, 2.24) is 0 Å². The van der Waals surface area contributed by atoms with Gasteiger partial charge in [0.25, 0.3) is 0 Å². The minimum absolute atomic E-state index is 0. The Labute approximate surface area is 144 Å². The SMILES string of the molecule is CCC(CO)(C(=O)OC1C[NH+]2CCC1CC2)c1ccccc1.[Cl-]. The Morgan fingerprint density at radius 1 is 1.30 bits per heavy atom. The Balaban J connectivity index is 0.00000192. The number of fused-ring (bicyclic) bond motifs is 3. The lowest BCUT2D eigenvalue weighted by Gasteiger charge is -2.42. The molecule has 128 valence electrons. The van der Waals surface area contributed by atoms with Crippen LogP contribution in [0.15, 0.2) is 30.3 Å². The minimum Gasteiger partial charge on any atom is -1.00 e. The molecule has 2 N–H and O–H groups in total. The third kappa shape index (κ3) is 3.39. The van der Waals surface area contributed by atoms with Crippen molar-refractivity contribution < 1.29 is 31.9 Å². The Morgan fingerprint density at radius 3 is 2.43 bits per heavy atom. The molecule has 1 aromatic carbocycles. The Hall–Kier alpha value is -1.10. The number of carbonyl (C=O) groups is 1. The molecule has 2 atom stereocenters. The van der Waals surface area contributed by atoms with Crippen molar-refractivity contribution in [1.29, 1.82) is 0 Å². The second-order valence-corrected chi connectivity index (χ2v) is 6.70. The highest BCUT2D eigenvalue weighted by Crippen LogP contribution is 2.31. The fourth-order valence-corrected chi connectivity index (χ4v) is 3.95. The van der Waals surface area contributed by atoms with Crippen LogP contribution in [0.1, 0.15) is 31.7 Å². The number of esters is 1. The van der Waals surface area contributed by atoms with Gasteiger partial charge in [-0.25, -0.2) is 0 Å². The van der Waals surface area contributed by atoms with Gasteiger partial charge in [-0.15, -0.1) is 0 Å². The van der Waals surface area contributed by atoms with Crippen LogP contribution >= 0.6 is 0 Å². The van der Waals surface area contributed by atoms with Gasteiger partial charge in [-0.2, -0.15) is 0 Å². The van der Waals surface area contributed by atoms with Crippen LogP contribution < -0.4 is 17.3 Å². The Bertz CT molecular complexity index is 510. The van der Waals surface area contributed by atoms with E-state index in [1.807, 2.05) is 37.3 Å². The summed E-state index contributed by atoms with van der Waals surface area (Å²) in [6.07, 6.45) is 2.86. The molecule has 23 heavy (non-hydrogen) atoms. The van der Waals surface area contributed by atoms with Gasteiger partial charge in [0, 0.05) is 18.8 Å². The van der Waals surface area contributed by atoms with E-state index in [9.17, 15) is 9.90 Å². The largest absolute Gasteiger partial charge is 1.00 e. The van der Waals surface area contributed by atoms with Crippen LogP contribution in [-0.2, 0) is 14.9 Å². The van der Waals surface area contributed by atoms with Crippen molar-refractivity contribution >= 4 is 5.97 Å². The molecular formula is C18H26ClNO3. The number of quaternary nitrogens is 1. The standard InChI is InChI=1S/C18H25NO3.ClH/c1-2-18(13-20,15-6-4-3-5-7-15)17(21)22-16-12-19-10-8-14(16)9-11-19;/h3-7,14,16,20H,2,8-13H2,1H3;1H. The molecule has 4 nitrogen and oxygen atoms in total. The lowest BCUT2D eigenvalue weighted by atomic mass is 9.78. The van der Waals surface area contributed by atoms with Crippen molar-refractivity contribution in [2.45, 2.75) is 37.7 Å². The second kappa shape index (κ2) is 7.65. The van der Waals surface area contributed by atoms with E-state index in [0.29, 0.717) is 12.3 Å². The van der Waals surface area contributed by atoms with Crippen LogP contribution in [0, 0.1) is 5.92 Å². The van der Waals surface area contributed by atoms with Crippen LogP contribution in [0.4, 0.5) is 0 Å². The maximum absolute atomic E-state index is 12.9. The van der Waals surface area contributed by atoms with Gasteiger partial charge in [-0.05, 0) is 12.0 Å². The molecule has 3 fully saturated rings. The van der Waals surface area contributed by atoms with E-state index in [1.54, 1.807) is 4.90 Å². The third-order valence-electron chi connectivity index (χ3n) is 5.60. The molecule has 2 bridgehead atoms. The zero-order chi connectivity index (χ0) is 15.6. The first-order valence-corrected chi connectivity index (χ1v) is 8.40. The normalized spacial score (nSPS) is 28.5. The summed E-state index contributed by atoms with van der Waals surface area (Å²) in [6.45, 7) is 5.07. The smallest absolute Gasteiger partial charge is 0.319 e. The topological polar surface area (TPSA) is 51.0 Å². The predicted molar refractivity (Wildman–Crippen MR) is 83.7 cm³/mol. The fraction of sp³-hybridized carbons (Fsp3) is 0.611. The van der Waals surface area contributed by atoms with E-state index in [1.165, 1.54) is 13.1 Å². The molecule has 3 heterocycles. The van der Waals surface area contributed by atoms with Gasteiger partial charge in [0.05, 0.1) is 19.7 Å². The van der Waals surface area contributed by atoms with Gasteiger partial charge in [-0.3, -0.25) is 4.79 Å². The van der Waals surface area contributed by atoms with Gasteiger partial charge >= 0.3 is 5.97 Å². The second-order valence-electron chi connectivity index (χ2n) is 6.70. The van der Waals surface area contributed by atoms with Crippen molar-refractivity contribution in [2.75, 3.05) is 26.2 Å². The van der Waals surface area contributed by atoms with E-state index < -0.39 is 5.41 Å². The number of halogens is 1. The van der Waals surface area contributed by atoms with Gasteiger partial charge in [-0.1, -0.05) is 37.3 Å². The molecule has 5 heteroatoms. The Morgan fingerprint density at radius 2 is 1.96 bits per heavy atom. The quantitative estimate of drug-likeness (QED) is 0.586. The average molecular weight is 340 g/mol. The van der Waals surface area contributed by atoms with Gasteiger partial charge in [0.1, 0.15) is 12.0 Å². The van der Waals surface area contributed by atoms with Crippen LogP contribution in [0.5, 0.6) is 0 Å². The number of carbonyl (C=O) groups excluding carboxylic acids is 1. The highest BCUT2D eigenvalue weighted by atomic mass is 35.5. The molecule has 3 saturated heterocycles. The molecular weight excluding hydrogens is 314 g/mol. The first-order chi connectivity index (χ1) is 10.7. The van der Waals surface area contributed by atoms with Gasteiger partial charge in [0.15, 0.2) is 6.10 Å². The van der Waals surface area contributed by atoms with Crippen LogP contribution in [0.2, 0.25) is 0 Å². The number of benzene rings is 1. The highest BCUT2D eigenvalue weighted by Gasteiger charge is 2.45. The summed E-state index contributed by atoms with van der Waals surface area (Å²) in [5.41, 5.74) is -0.0820. The average Bonchev–Trinajstić information content (AvgIpc) is 2.58. The zero-order valence-electron chi connectivity index (χ0n) is 13.6. The molecule has 2 unspecified atom stereocenters. The molecule has 0 aliphatic carbocycles. The summed E-state index contributed by atoms with van der Waals surface area (Å²) in [5.74, 6) is 0.243. The molecule has 0 spiro atoms. The summed E-state index contributed by atoms with van der Waals surface area (Å²) in [6, 6.07) is 9.54. The van der Waals surface area contributed by atoms with Gasteiger partial charge in [0.2, 0.25) is 0 Å². The number of aliphatic hydroxyl groups excluding tert-OH is 1. The fourth-order valence-electron chi connectivity index (χ4n) is 3.95. The molecule has 0 aromatic heterocycles. The minimum atomic E-state index is -0.928. The van der Waals surface area contributed by atoms with Crippen molar-refractivity contribution in [3.63, 3.8) is 0 Å². The number of hydrogen-bond donors (Lipinski definition) is 2. The van der Waals surface area contributed by atoms with Crippen LogP contribution in [0.3, 0.4) is 0 Å². The lowest BCUT2D eigenvalue weighted by molar-refractivity contribution is -0.920. The van der Waals surface area contributed by atoms with E-state index in [-0.39, 0.29) is 31.1 Å². The first kappa shape index (κ1) is 18.2. The van der Waals surface area contributed by atoms with Crippen molar-refractivity contribution in [3.05, 3.63) is 35.9 Å². The molecule has 1 aromatic rings. The number of hydrogen-bond acceptors (Lipinski definition) is 3. The molecule has 3 aliphatic heterocycles. The summed E-state index contributed by atoms with van der Waals surface area (Å²) in [4.78, 5) is 14.4. The Kier molecular flexibility index (Phi) is 6.06. The van der Waals surface area contributed by atoms with E-state index in [2.05, 4.69) is 0 Å². The number of rotatable bonds is 5. The summed E-state index contributed by atoms with van der Waals surface area (Å²) < 4.78 is 5.91. The highest BCUT2D eigenvalue weighted by molar-refractivity contribution is 5.83. The molecule has 0 radical (unpaired) electrons. The molecule has 4 rings (SSSR count). The van der Waals surface area contributed by atoms with E-state index in [4.69, 9.17) is 4.74 Å². The number of aliphatic hydroxyl groups is 1. The van der Waals surface area contributed by atoms with Gasteiger partial charge < -0.3 is 27.2 Å². The maximum atomic E-state index is 12.9. The molecule has 3 aliphatic rings. The number of nitrogens with one attached hydrogen (secondary N) is 1. The third-order valence-corrected chi connectivity index (χ3v) is 5.60. The predicted octanol–water partition coefficient (Wildman–Crippen LogP) is -2.45. The van der Waals surface area contributed by atoms with Crippen LogP contribution in [-0.4, -0.2) is 43.4 Å². The summed E-state index contributed by atoms with van der Waals surface area (Å²) in [5, 5.41) is 9.96. The zero-order valence-corrected chi connectivity index (χ0v) is 14.4. The monoisotopic (exact) mass is 339 g/mol. The summed E-state index contributed by atoms with van der Waals surface area (Å²) >= 11 is 0. The number of piperidine rings is 3. The lowest BCUT2D eigenvalue weighted by Crippen LogP contribution is -3.16. The molecule has 0 saturated carbocycles. The maximum Gasteiger partial charge on any atom is 0.319 e. The van der Waals surface area contributed by atoms with E-state index >= 15 is 0 Å². The first-order valence-electron chi connectivity index (χ1n) is 8.40. The van der Waals surface area contributed by atoms with Crippen molar-refractivity contribution in [3.8, 4) is 0 Å². The van der Waals surface area contributed by atoms with Crippen LogP contribution in [0.25, 0.3) is 0 Å². The van der Waals surface area contributed by atoms with Crippen molar-refractivity contribution in [2.24, 2.45) is 5.92 Å². The summed E-state index contributed by atoms with van der Waals surface area (Å²) in [7, 11) is 0. The van der Waals surface area contributed by atoms with E-state index in [0.717, 1.165) is 24.9 Å².